The molecule has 3 N–H and O–H groups in total. The number of nitrogens with two attached hydrogens (primary N) is 1. The van der Waals surface area contributed by atoms with Gasteiger partial charge in [-0.05, 0) is 24.1 Å². The maximum atomic E-state index is 10.4. The van der Waals surface area contributed by atoms with Crippen molar-refractivity contribution < 1.29 is 9.52 Å². The van der Waals surface area contributed by atoms with Crippen molar-refractivity contribution in [3.8, 4) is 11.6 Å². The molecule has 0 saturated carbocycles. The van der Waals surface area contributed by atoms with E-state index in [-0.39, 0.29) is 0 Å². The monoisotopic (exact) mass is 419 g/mol. The molecule has 0 radical (unpaired) electrons. The lowest BCUT2D eigenvalue weighted by atomic mass is 10.1. The molecule has 4 aromatic rings. The summed E-state index contributed by atoms with van der Waals surface area (Å²) in [5, 5.41) is 14.8. The van der Waals surface area contributed by atoms with Crippen molar-refractivity contribution in [2.45, 2.75) is 12.5 Å². The second-order valence-corrected chi connectivity index (χ2v) is 7.70. The van der Waals surface area contributed by atoms with Gasteiger partial charge in [0.2, 0.25) is 11.8 Å². The van der Waals surface area contributed by atoms with E-state index >= 15 is 0 Å². The molecule has 0 spiro atoms. The van der Waals surface area contributed by atoms with E-state index in [0.717, 1.165) is 50.5 Å². The zero-order valence-corrected chi connectivity index (χ0v) is 17.1. The van der Waals surface area contributed by atoms with E-state index in [1.165, 1.54) is 4.52 Å². The van der Waals surface area contributed by atoms with Crippen LogP contribution in [0.3, 0.4) is 0 Å². The normalized spacial score (nSPS) is 16.1. The Hall–Kier alpha value is -3.43. The van der Waals surface area contributed by atoms with Gasteiger partial charge in [-0.2, -0.15) is 9.50 Å². The first-order valence-corrected chi connectivity index (χ1v) is 10.4. The number of aromatic nitrogens is 4. The van der Waals surface area contributed by atoms with Crippen molar-refractivity contribution in [1.82, 2.24) is 24.5 Å². The molecule has 1 saturated heterocycles. The minimum absolute atomic E-state index is 0.297. The van der Waals surface area contributed by atoms with Gasteiger partial charge in [-0.1, -0.05) is 30.3 Å². The number of fused-ring (bicyclic) bond motifs is 1. The van der Waals surface area contributed by atoms with Crippen molar-refractivity contribution >= 4 is 17.4 Å². The van der Waals surface area contributed by atoms with E-state index in [2.05, 4.69) is 24.9 Å². The van der Waals surface area contributed by atoms with Crippen molar-refractivity contribution in [1.29, 1.82) is 0 Å². The Morgan fingerprint density at radius 2 is 1.84 bits per heavy atom. The number of nitrogen functional groups attached to an aromatic ring is 1. The number of aliphatic hydroxyl groups is 1. The maximum absolute atomic E-state index is 10.4. The predicted octanol–water partition coefficient (Wildman–Crippen LogP) is 2.21. The van der Waals surface area contributed by atoms with Crippen molar-refractivity contribution in [3.63, 3.8) is 0 Å². The Morgan fingerprint density at radius 1 is 1.03 bits per heavy atom. The summed E-state index contributed by atoms with van der Waals surface area (Å²) in [5.41, 5.74) is 7.76. The molecule has 0 bridgehead atoms. The lowest BCUT2D eigenvalue weighted by molar-refractivity contribution is 0.139. The van der Waals surface area contributed by atoms with Crippen LogP contribution in [0.15, 0.2) is 59.2 Å². The molecule has 1 fully saturated rings. The fourth-order valence-electron chi connectivity index (χ4n) is 3.92. The average molecular weight is 419 g/mol. The van der Waals surface area contributed by atoms with E-state index in [1.54, 1.807) is 12.3 Å². The minimum atomic E-state index is -0.431. The molecule has 1 atom stereocenters. The first-order chi connectivity index (χ1) is 15.2. The maximum Gasteiger partial charge on any atom is 0.225 e. The Labute approximate surface area is 179 Å². The summed E-state index contributed by atoms with van der Waals surface area (Å²) in [7, 11) is 0. The molecule has 1 aliphatic heterocycles. The molecular weight excluding hydrogens is 394 g/mol. The Bertz CT molecular complexity index is 1140. The van der Waals surface area contributed by atoms with Crippen LogP contribution in [0.2, 0.25) is 0 Å². The van der Waals surface area contributed by atoms with E-state index < -0.39 is 6.10 Å². The predicted molar refractivity (Wildman–Crippen MR) is 118 cm³/mol. The Morgan fingerprint density at radius 3 is 2.58 bits per heavy atom. The molecular formula is C22H25N7O2. The van der Waals surface area contributed by atoms with Crippen molar-refractivity contribution in [2.24, 2.45) is 0 Å². The molecule has 0 amide bonds. The highest BCUT2D eigenvalue weighted by Crippen LogP contribution is 2.22. The topological polar surface area (TPSA) is 109 Å². The number of rotatable bonds is 6. The van der Waals surface area contributed by atoms with Gasteiger partial charge in [0, 0.05) is 38.8 Å². The molecule has 0 aliphatic carbocycles. The Kier molecular flexibility index (Phi) is 5.27. The highest BCUT2D eigenvalue weighted by atomic mass is 16.3. The molecule has 5 rings (SSSR count). The van der Waals surface area contributed by atoms with Gasteiger partial charge in [0.25, 0.3) is 0 Å². The minimum Gasteiger partial charge on any atom is -0.461 e. The van der Waals surface area contributed by atoms with Gasteiger partial charge in [-0.3, -0.25) is 4.90 Å². The molecule has 160 valence electrons. The van der Waals surface area contributed by atoms with Crippen LogP contribution in [0.4, 0.5) is 11.8 Å². The molecule has 9 heteroatoms. The lowest BCUT2D eigenvalue weighted by Crippen LogP contribution is -2.47. The summed E-state index contributed by atoms with van der Waals surface area (Å²) in [5.74, 6) is 2.17. The molecule has 9 nitrogen and oxygen atoms in total. The fraction of sp³-hybridized carbons (Fsp3) is 0.318. The Balaban J connectivity index is 1.22. The zero-order valence-electron chi connectivity index (χ0n) is 17.1. The number of aliphatic hydroxyl groups excluding tert-OH is 1. The van der Waals surface area contributed by atoms with Crippen LogP contribution in [0.5, 0.6) is 0 Å². The smallest absolute Gasteiger partial charge is 0.225 e. The van der Waals surface area contributed by atoms with Gasteiger partial charge in [-0.25, -0.2) is 4.98 Å². The van der Waals surface area contributed by atoms with Crippen LogP contribution >= 0.6 is 0 Å². The highest BCUT2D eigenvalue weighted by Gasteiger charge is 2.21. The molecule has 3 aromatic heterocycles. The molecule has 1 aromatic carbocycles. The number of benzene rings is 1. The van der Waals surface area contributed by atoms with E-state index in [9.17, 15) is 5.11 Å². The molecule has 1 unspecified atom stereocenters. The fourth-order valence-corrected chi connectivity index (χ4v) is 3.92. The van der Waals surface area contributed by atoms with Crippen molar-refractivity contribution in [2.75, 3.05) is 43.4 Å². The van der Waals surface area contributed by atoms with Crippen LogP contribution < -0.4 is 10.6 Å². The summed E-state index contributed by atoms with van der Waals surface area (Å²) < 4.78 is 6.91. The standard InChI is InChI=1S/C22H25N7O2/c23-22-25-19(15-20-24-21(26-29(20)22)18-7-4-14-31-18)28-12-10-27(11-13-28)9-8-17(30)16-5-2-1-3-6-16/h1-7,14-15,17,30H,8-13H2,(H2,23,25). The number of furan rings is 1. The van der Waals surface area contributed by atoms with Gasteiger partial charge < -0.3 is 20.2 Å². The number of anilines is 2. The van der Waals surface area contributed by atoms with Crippen LogP contribution in [-0.2, 0) is 0 Å². The third-order valence-electron chi connectivity index (χ3n) is 5.68. The third-order valence-corrected chi connectivity index (χ3v) is 5.68. The second-order valence-electron chi connectivity index (χ2n) is 7.70. The quantitative estimate of drug-likeness (QED) is 0.490. The van der Waals surface area contributed by atoms with Gasteiger partial charge >= 0.3 is 0 Å². The number of hydrogen-bond acceptors (Lipinski definition) is 8. The van der Waals surface area contributed by atoms with E-state index in [1.807, 2.05) is 42.5 Å². The lowest BCUT2D eigenvalue weighted by Gasteiger charge is -2.35. The summed E-state index contributed by atoms with van der Waals surface area (Å²) in [4.78, 5) is 13.7. The summed E-state index contributed by atoms with van der Waals surface area (Å²) in [6.07, 6.45) is 1.88. The summed E-state index contributed by atoms with van der Waals surface area (Å²) in [6, 6.07) is 15.3. The van der Waals surface area contributed by atoms with Gasteiger partial charge in [-0.15, -0.1) is 5.10 Å². The van der Waals surface area contributed by atoms with Crippen LogP contribution in [0, 0.1) is 0 Å². The van der Waals surface area contributed by atoms with Gasteiger partial charge in [0.05, 0.1) is 12.4 Å². The number of nitrogens with zero attached hydrogens (tertiary/aromatic N) is 6. The number of piperazine rings is 1. The van der Waals surface area contributed by atoms with Crippen LogP contribution in [0.25, 0.3) is 17.2 Å². The SMILES string of the molecule is Nc1nc(N2CCN(CCC(O)c3ccccc3)CC2)cc2nc(-c3ccco3)nn12. The second kappa shape index (κ2) is 8.37. The van der Waals surface area contributed by atoms with Crippen molar-refractivity contribution in [3.05, 3.63) is 60.4 Å². The first-order valence-electron chi connectivity index (χ1n) is 10.4. The summed E-state index contributed by atoms with van der Waals surface area (Å²) >= 11 is 0. The first kappa shape index (κ1) is 19.5. The largest absolute Gasteiger partial charge is 0.461 e. The molecule has 4 heterocycles. The van der Waals surface area contributed by atoms with E-state index in [0.29, 0.717) is 23.2 Å². The van der Waals surface area contributed by atoms with Gasteiger partial charge in [0.15, 0.2) is 11.4 Å². The van der Waals surface area contributed by atoms with Crippen LogP contribution in [0.1, 0.15) is 18.1 Å². The molecule has 31 heavy (non-hydrogen) atoms. The highest BCUT2D eigenvalue weighted by molar-refractivity contribution is 5.59. The molecule has 1 aliphatic rings. The zero-order chi connectivity index (χ0) is 21.2. The third kappa shape index (κ3) is 4.10. The summed E-state index contributed by atoms with van der Waals surface area (Å²) in [6.45, 7) is 4.33. The van der Waals surface area contributed by atoms with Gasteiger partial charge in [0.1, 0.15) is 5.82 Å². The average Bonchev–Trinajstić information content (AvgIpc) is 3.48. The van der Waals surface area contributed by atoms with Crippen LogP contribution in [-0.4, -0.2) is 62.3 Å². The number of hydrogen-bond donors (Lipinski definition) is 2. The van der Waals surface area contributed by atoms with E-state index in [4.69, 9.17) is 10.2 Å².